The van der Waals surface area contributed by atoms with E-state index in [1.807, 2.05) is 0 Å². The molecule has 0 unspecified atom stereocenters. The Kier molecular flexibility index (Phi) is 6.97. The third-order valence-corrected chi connectivity index (χ3v) is 4.47. The molecule has 0 fully saturated rings. The van der Waals surface area contributed by atoms with E-state index in [4.69, 9.17) is 0 Å². The molecule has 0 saturated heterocycles. The zero-order chi connectivity index (χ0) is 23.1. The van der Waals surface area contributed by atoms with Crippen LogP contribution in [0.25, 0.3) is 0 Å². The predicted molar refractivity (Wildman–Crippen MR) is 118 cm³/mol. The van der Waals surface area contributed by atoms with Crippen molar-refractivity contribution in [3.05, 3.63) is 95.1 Å². The normalized spacial score (nSPS) is 10.1. The zero-order valence-corrected chi connectivity index (χ0v) is 17.4. The number of amides is 2. The van der Waals surface area contributed by atoms with Gasteiger partial charge < -0.3 is 20.1 Å². The van der Waals surface area contributed by atoms with Crippen molar-refractivity contribution in [1.82, 2.24) is 0 Å². The lowest BCUT2D eigenvalue weighted by Gasteiger charge is -2.09. The van der Waals surface area contributed by atoms with E-state index in [2.05, 4.69) is 20.1 Å². The van der Waals surface area contributed by atoms with Gasteiger partial charge in [0.2, 0.25) is 0 Å². The first kappa shape index (κ1) is 22.2. The number of benzene rings is 3. The molecule has 0 aliphatic heterocycles. The molecule has 0 aliphatic rings. The monoisotopic (exact) mass is 432 g/mol. The summed E-state index contributed by atoms with van der Waals surface area (Å²) in [4.78, 5) is 48.6. The Bertz CT molecular complexity index is 1100. The number of ether oxygens (including phenoxy) is 2. The van der Waals surface area contributed by atoms with E-state index in [1.165, 1.54) is 32.4 Å². The first-order valence-corrected chi connectivity index (χ1v) is 9.51. The van der Waals surface area contributed by atoms with Crippen molar-refractivity contribution in [2.24, 2.45) is 0 Å². The van der Waals surface area contributed by atoms with Gasteiger partial charge in [-0.05, 0) is 54.6 Å². The number of esters is 2. The van der Waals surface area contributed by atoms with E-state index in [1.54, 1.807) is 54.6 Å². The smallest absolute Gasteiger partial charge is 0.337 e. The van der Waals surface area contributed by atoms with Crippen molar-refractivity contribution < 1.29 is 28.7 Å². The van der Waals surface area contributed by atoms with E-state index in [0.29, 0.717) is 22.5 Å². The number of carbonyl (C=O) groups excluding carboxylic acids is 4. The molecular weight excluding hydrogens is 412 g/mol. The molecule has 8 heteroatoms. The molecule has 0 radical (unpaired) electrons. The van der Waals surface area contributed by atoms with Crippen LogP contribution in [0.1, 0.15) is 41.4 Å². The number of rotatable bonds is 6. The maximum atomic E-state index is 12.6. The van der Waals surface area contributed by atoms with Gasteiger partial charge in [0, 0.05) is 22.5 Å². The second-order valence-electron chi connectivity index (χ2n) is 6.63. The summed E-state index contributed by atoms with van der Waals surface area (Å²) in [5, 5.41) is 5.38. The fourth-order valence-electron chi connectivity index (χ4n) is 2.89. The van der Waals surface area contributed by atoms with Crippen LogP contribution < -0.4 is 10.6 Å². The number of nitrogens with one attached hydrogen (secondary N) is 2. The Balaban J connectivity index is 1.73. The molecule has 3 aromatic carbocycles. The highest BCUT2D eigenvalue weighted by Gasteiger charge is 2.13. The summed E-state index contributed by atoms with van der Waals surface area (Å²) in [6.45, 7) is 0. The first-order chi connectivity index (χ1) is 15.4. The Labute approximate surface area is 184 Å². The van der Waals surface area contributed by atoms with Crippen LogP contribution in [0.3, 0.4) is 0 Å². The molecule has 2 N–H and O–H groups in total. The Morgan fingerprint density at radius 2 is 0.938 bits per heavy atom. The van der Waals surface area contributed by atoms with E-state index in [-0.39, 0.29) is 11.1 Å². The standard InChI is InChI=1S/C24H20N2O6/c1-31-23(29)17-8-4-10-19(13-17)25-21(27)15-6-3-7-16(12-15)22(28)26-20-11-5-9-18(14-20)24(30)32-2/h3-14H,1-2H3,(H,25,27)(H,26,28). The Morgan fingerprint density at radius 1 is 0.562 bits per heavy atom. The van der Waals surface area contributed by atoms with Crippen molar-refractivity contribution in [3.8, 4) is 0 Å². The van der Waals surface area contributed by atoms with Gasteiger partial charge in [0.05, 0.1) is 25.3 Å². The van der Waals surface area contributed by atoms with Crippen LogP contribution in [-0.2, 0) is 9.47 Å². The topological polar surface area (TPSA) is 111 Å². The van der Waals surface area contributed by atoms with E-state index < -0.39 is 23.8 Å². The minimum atomic E-state index is -0.518. The van der Waals surface area contributed by atoms with Crippen molar-refractivity contribution in [2.45, 2.75) is 0 Å². The molecule has 0 spiro atoms. The summed E-state index contributed by atoms with van der Waals surface area (Å²) < 4.78 is 9.35. The fraction of sp³-hybridized carbons (Fsp3) is 0.0833. The van der Waals surface area contributed by atoms with E-state index in [9.17, 15) is 19.2 Å². The number of hydrogen-bond donors (Lipinski definition) is 2. The van der Waals surface area contributed by atoms with Gasteiger partial charge in [0.1, 0.15) is 0 Å². The summed E-state index contributed by atoms with van der Waals surface area (Å²) in [7, 11) is 2.55. The molecule has 0 atom stereocenters. The van der Waals surface area contributed by atoms with Crippen LogP contribution in [0, 0.1) is 0 Å². The summed E-state index contributed by atoms with van der Waals surface area (Å²) in [6, 6.07) is 18.8. The zero-order valence-electron chi connectivity index (χ0n) is 17.4. The van der Waals surface area contributed by atoms with Crippen LogP contribution in [0.5, 0.6) is 0 Å². The van der Waals surface area contributed by atoms with Crippen molar-refractivity contribution >= 4 is 35.1 Å². The maximum Gasteiger partial charge on any atom is 0.337 e. The highest BCUT2D eigenvalue weighted by atomic mass is 16.5. The average molecular weight is 432 g/mol. The summed E-state index contributed by atoms with van der Waals surface area (Å²) in [5.41, 5.74) is 1.92. The third-order valence-electron chi connectivity index (χ3n) is 4.47. The predicted octanol–water partition coefficient (Wildman–Crippen LogP) is 3.76. The van der Waals surface area contributed by atoms with Gasteiger partial charge >= 0.3 is 11.9 Å². The number of anilines is 2. The van der Waals surface area contributed by atoms with Crippen LogP contribution >= 0.6 is 0 Å². The fourth-order valence-corrected chi connectivity index (χ4v) is 2.89. The van der Waals surface area contributed by atoms with Crippen LogP contribution in [-0.4, -0.2) is 38.0 Å². The lowest BCUT2D eigenvalue weighted by molar-refractivity contribution is 0.0592. The highest BCUT2D eigenvalue weighted by Crippen LogP contribution is 2.16. The Hall–Kier alpha value is -4.46. The van der Waals surface area contributed by atoms with Gasteiger partial charge in [0.15, 0.2) is 0 Å². The van der Waals surface area contributed by atoms with Gasteiger partial charge in [-0.15, -0.1) is 0 Å². The molecule has 2 amide bonds. The SMILES string of the molecule is COC(=O)c1cccc(NC(=O)c2cccc(C(=O)Nc3cccc(C(=O)OC)c3)c2)c1. The molecule has 32 heavy (non-hydrogen) atoms. The molecule has 0 saturated carbocycles. The third kappa shape index (κ3) is 5.37. The minimum Gasteiger partial charge on any atom is -0.465 e. The molecule has 3 aromatic rings. The highest BCUT2D eigenvalue weighted by molar-refractivity contribution is 6.09. The summed E-state index contributed by atoms with van der Waals surface area (Å²) in [6.07, 6.45) is 0. The Morgan fingerprint density at radius 3 is 1.34 bits per heavy atom. The second-order valence-corrected chi connectivity index (χ2v) is 6.63. The van der Waals surface area contributed by atoms with Crippen LogP contribution in [0.15, 0.2) is 72.8 Å². The van der Waals surface area contributed by atoms with Crippen molar-refractivity contribution in [2.75, 3.05) is 24.9 Å². The maximum absolute atomic E-state index is 12.6. The number of methoxy groups -OCH3 is 2. The largest absolute Gasteiger partial charge is 0.465 e. The molecule has 0 bridgehead atoms. The lowest BCUT2D eigenvalue weighted by atomic mass is 10.1. The minimum absolute atomic E-state index is 0.254. The van der Waals surface area contributed by atoms with Crippen molar-refractivity contribution in [3.63, 3.8) is 0 Å². The lowest BCUT2D eigenvalue weighted by Crippen LogP contribution is -2.16. The molecule has 8 nitrogen and oxygen atoms in total. The molecule has 0 heterocycles. The second kappa shape index (κ2) is 10.0. The van der Waals surface area contributed by atoms with Crippen LogP contribution in [0.2, 0.25) is 0 Å². The molecule has 162 valence electrons. The molecule has 0 aliphatic carbocycles. The first-order valence-electron chi connectivity index (χ1n) is 9.51. The van der Waals surface area contributed by atoms with Crippen molar-refractivity contribution in [1.29, 1.82) is 0 Å². The summed E-state index contributed by atoms with van der Waals surface area (Å²) >= 11 is 0. The molecular formula is C24H20N2O6. The van der Waals surface area contributed by atoms with Gasteiger partial charge in [-0.3, -0.25) is 9.59 Å². The molecule has 0 aromatic heterocycles. The molecule has 3 rings (SSSR count). The average Bonchev–Trinajstić information content (AvgIpc) is 2.83. The van der Waals surface area contributed by atoms with Gasteiger partial charge in [-0.1, -0.05) is 18.2 Å². The quantitative estimate of drug-likeness (QED) is 0.574. The van der Waals surface area contributed by atoms with Gasteiger partial charge in [-0.2, -0.15) is 0 Å². The van der Waals surface area contributed by atoms with E-state index >= 15 is 0 Å². The van der Waals surface area contributed by atoms with Gasteiger partial charge in [0.25, 0.3) is 11.8 Å². The van der Waals surface area contributed by atoms with Crippen LogP contribution in [0.4, 0.5) is 11.4 Å². The summed E-state index contributed by atoms with van der Waals surface area (Å²) in [5.74, 6) is -1.93. The number of hydrogen-bond acceptors (Lipinski definition) is 6. The number of carbonyl (C=O) groups is 4. The van der Waals surface area contributed by atoms with Gasteiger partial charge in [-0.25, -0.2) is 9.59 Å². The van der Waals surface area contributed by atoms with E-state index in [0.717, 1.165) is 0 Å².